The van der Waals surface area contributed by atoms with Gasteiger partial charge in [0, 0.05) is 27.4 Å². The summed E-state index contributed by atoms with van der Waals surface area (Å²) < 4.78 is 25.2. The first-order valence-electron chi connectivity index (χ1n) is 6.91. The molecule has 0 aliphatic heterocycles. The van der Waals surface area contributed by atoms with Gasteiger partial charge in [0.15, 0.2) is 5.78 Å². The summed E-state index contributed by atoms with van der Waals surface area (Å²) in [5.74, 6) is 0.513. The number of nitrogens with one attached hydrogen (secondary N) is 1. The Kier molecular flexibility index (Phi) is 5.81. The molecule has 0 radical (unpaired) electrons. The molecule has 0 atom stereocenters. The fourth-order valence-corrected chi connectivity index (χ4v) is 2.84. The molecule has 0 aliphatic carbocycles. The van der Waals surface area contributed by atoms with Crippen molar-refractivity contribution in [2.24, 2.45) is 0 Å². The summed E-state index contributed by atoms with van der Waals surface area (Å²) >= 11 is 2.02. The number of ether oxygens (including phenoxy) is 2. The number of rotatable bonds is 6. The van der Waals surface area contributed by atoms with Gasteiger partial charge in [0.1, 0.15) is 17.3 Å². The summed E-state index contributed by atoms with van der Waals surface area (Å²) in [4.78, 5) is 11.7. The molecule has 6 heteroatoms. The standard InChI is InChI=1S/C17H17FINO3/c1-10(21)17-14(18)6-12(19)7-15(17)20-9-11-4-5-13(22-2)8-16(11)23-3/h4-8,20H,9H2,1-3H3. The molecule has 2 aromatic carbocycles. The lowest BCUT2D eigenvalue weighted by atomic mass is 10.1. The van der Waals surface area contributed by atoms with Crippen molar-refractivity contribution < 1.29 is 18.7 Å². The lowest BCUT2D eigenvalue weighted by molar-refractivity contribution is 0.101. The minimum Gasteiger partial charge on any atom is -0.497 e. The third kappa shape index (κ3) is 4.13. The molecule has 23 heavy (non-hydrogen) atoms. The van der Waals surface area contributed by atoms with Crippen LogP contribution >= 0.6 is 22.6 Å². The van der Waals surface area contributed by atoms with Crippen LogP contribution in [0.3, 0.4) is 0 Å². The number of carbonyl (C=O) groups excluding carboxylic acids is 1. The molecule has 0 amide bonds. The Morgan fingerprint density at radius 3 is 2.57 bits per heavy atom. The van der Waals surface area contributed by atoms with Gasteiger partial charge in [-0.05, 0) is 53.8 Å². The number of methoxy groups -OCH3 is 2. The molecule has 0 heterocycles. The van der Waals surface area contributed by atoms with Crippen LogP contribution in [0.25, 0.3) is 0 Å². The Morgan fingerprint density at radius 1 is 1.22 bits per heavy atom. The van der Waals surface area contributed by atoms with Crippen molar-refractivity contribution in [2.45, 2.75) is 13.5 Å². The zero-order chi connectivity index (χ0) is 17.0. The van der Waals surface area contributed by atoms with Crippen molar-refractivity contribution in [3.05, 3.63) is 50.8 Å². The van der Waals surface area contributed by atoms with Crippen LogP contribution < -0.4 is 14.8 Å². The summed E-state index contributed by atoms with van der Waals surface area (Å²) in [6, 6.07) is 8.55. The van der Waals surface area contributed by atoms with Gasteiger partial charge in [0.05, 0.1) is 19.8 Å². The zero-order valence-electron chi connectivity index (χ0n) is 13.1. The quantitative estimate of drug-likeness (QED) is 0.551. The van der Waals surface area contributed by atoms with Crippen LogP contribution in [0.4, 0.5) is 10.1 Å². The van der Waals surface area contributed by atoms with E-state index in [0.29, 0.717) is 27.3 Å². The molecule has 0 fully saturated rings. The van der Waals surface area contributed by atoms with E-state index in [2.05, 4.69) is 5.32 Å². The van der Waals surface area contributed by atoms with Gasteiger partial charge in [-0.2, -0.15) is 0 Å². The van der Waals surface area contributed by atoms with Gasteiger partial charge in [0.25, 0.3) is 0 Å². The van der Waals surface area contributed by atoms with E-state index in [1.54, 1.807) is 26.4 Å². The first-order chi connectivity index (χ1) is 11.0. The molecule has 0 bridgehead atoms. The van der Waals surface area contributed by atoms with Crippen molar-refractivity contribution in [2.75, 3.05) is 19.5 Å². The second kappa shape index (κ2) is 7.63. The fourth-order valence-electron chi connectivity index (χ4n) is 2.26. The summed E-state index contributed by atoms with van der Waals surface area (Å²) in [5, 5.41) is 3.12. The van der Waals surface area contributed by atoms with Gasteiger partial charge in [-0.25, -0.2) is 4.39 Å². The van der Waals surface area contributed by atoms with E-state index in [1.165, 1.54) is 13.0 Å². The SMILES string of the molecule is COc1ccc(CNc2cc(I)cc(F)c2C(C)=O)c(OC)c1. The molecule has 0 spiro atoms. The maximum atomic E-state index is 14.0. The van der Waals surface area contributed by atoms with Crippen molar-refractivity contribution in [1.29, 1.82) is 0 Å². The molecule has 0 saturated carbocycles. The molecule has 4 nitrogen and oxygen atoms in total. The Balaban J connectivity index is 2.29. The summed E-state index contributed by atoms with van der Waals surface area (Å²) in [6.07, 6.45) is 0. The molecule has 0 aliphatic rings. The van der Waals surface area contributed by atoms with Gasteiger partial charge in [-0.1, -0.05) is 0 Å². The molecule has 122 valence electrons. The molecule has 1 N–H and O–H groups in total. The first-order valence-corrected chi connectivity index (χ1v) is 7.99. The van der Waals surface area contributed by atoms with E-state index in [-0.39, 0.29) is 11.3 Å². The zero-order valence-corrected chi connectivity index (χ0v) is 15.2. The smallest absolute Gasteiger partial charge is 0.164 e. The van der Waals surface area contributed by atoms with E-state index in [0.717, 1.165) is 5.56 Å². The summed E-state index contributed by atoms with van der Waals surface area (Å²) in [6.45, 7) is 1.75. The number of hydrogen-bond donors (Lipinski definition) is 1. The average molecular weight is 429 g/mol. The second-order valence-electron chi connectivity index (χ2n) is 4.90. The average Bonchev–Trinajstić information content (AvgIpc) is 2.51. The number of halogens is 2. The minimum absolute atomic E-state index is 0.0675. The second-order valence-corrected chi connectivity index (χ2v) is 6.14. The van der Waals surface area contributed by atoms with Crippen molar-refractivity contribution in [3.8, 4) is 11.5 Å². The van der Waals surface area contributed by atoms with Crippen molar-refractivity contribution in [1.82, 2.24) is 0 Å². The molecule has 0 saturated heterocycles. The highest BCUT2D eigenvalue weighted by Crippen LogP contribution is 2.27. The lowest BCUT2D eigenvalue weighted by Crippen LogP contribution is -2.08. The third-order valence-corrected chi connectivity index (χ3v) is 3.99. The number of ketones is 1. The highest BCUT2D eigenvalue weighted by atomic mass is 127. The number of hydrogen-bond acceptors (Lipinski definition) is 4. The number of anilines is 1. The van der Waals surface area contributed by atoms with Crippen LogP contribution in [0.2, 0.25) is 0 Å². The Hall–Kier alpha value is -1.83. The Morgan fingerprint density at radius 2 is 1.96 bits per heavy atom. The van der Waals surface area contributed by atoms with Crippen LogP contribution in [0.15, 0.2) is 30.3 Å². The van der Waals surface area contributed by atoms with Gasteiger partial charge in [-0.15, -0.1) is 0 Å². The molecule has 2 aromatic rings. The number of carbonyl (C=O) groups is 1. The number of benzene rings is 2. The van der Waals surface area contributed by atoms with Crippen LogP contribution in [0.1, 0.15) is 22.8 Å². The summed E-state index contributed by atoms with van der Waals surface area (Å²) in [5.41, 5.74) is 1.42. The third-order valence-electron chi connectivity index (χ3n) is 3.37. The van der Waals surface area contributed by atoms with Crippen LogP contribution in [-0.2, 0) is 6.54 Å². The van der Waals surface area contributed by atoms with Gasteiger partial charge in [0.2, 0.25) is 0 Å². The predicted molar refractivity (Wildman–Crippen MR) is 96.0 cm³/mol. The van der Waals surface area contributed by atoms with Crippen LogP contribution in [0, 0.1) is 9.39 Å². The van der Waals surface area contributed by atoms with E-state index < -0.39 is 5.82 Å². The molecular weight excluding hydrogens is 412 g/mol. The highest BCUT2D eigenvalue weighted by Gasteiger charge is 2.15. The predicted octanol–water partition coefficient (Wildman–Crippen LogP) is 4.26. The van der Waals surface area contributed by atoms with E-state index in [4.69, 9.17) is 9.47 Å². The Bertz CT molecular complexity index is 734. The Labute approximate surface area is 148 Å². The van der Waals surface area contributed by atoms with E-state index in [1.807, 2.05) is 34.7 Å². The number of Topliss-reactive ketones (excluding diaryl/α,β-unsaturated/α-hetero) is 1. The lowest BCUT2D eigenvalue weighted by Gasteiger charge is -2.14. The van der Waals surface area contributed by atoms with Gasteiger partial charge in [-0.3, -0.25) is 4.79 Å². The first kappa shape index (κ1) is 17.5. The van der Waals surface area contributed by atoms with Gasteiger partial charge < -0.3 is 14.8 Å². The maximum Gasteiger partial charge on any atom is 0.164 e. The normalized spacial score (nSPS) is 10.3. The minimum atomic E-state index is -0.520. The van der Waals surface area contributed by atoms with Gasteiger partial charge >= 0.3 is 0 Å². The monoisotopic (exact) mass is 429 g/mol. The maximum absolute atomic E-state index is 14.0. The van der Waals surface area contributed by atoms with Crippen molar-refractivity contribution >= 4 is 34.1 Å². The highest BCUT2D eigenvalue weighted by molar-refractivity contribution is 14.1. The van der Waals surface area contributed by atoms with E-state index in [9.17, 15) is 9.18 Å². The van der Waals surface area contributed by atoms with Crippen LogP contribution in [-0.4, -0.2) is 20.0 Å². The largest absolute Gasteiger partial charge is 0.497 e. The van der Waals surface area contributed by atoms with Crippen molar-refractivity contribution in [3.63, 3.8) is 0 Å². The molecular formula is C17H17FINO3. The summed E-state index contributed by atoms with van der Waals surface area (Å²) in [7, 11) is 3.16. The van der Waals surface area contributed by atoms with Crippen LogP contribution in [0.5, 0.6) is 11.5 Å². The molecule has 0 aromatic heterocycles. The molecule has 2 rings (SSSR count). The van der Waals surface area contributed by atoms with E-state index >= 15 is 0 Å². The molecule has 0 unspecified atom stereocenters. The fraction of sp³-hybridized carbons (Fsp3) is 0.235. The topological polar surface area (TPSA) is 47.6 Å².